The Hall–Kier alpha value is -1.79. The molecule has 26 heavy (non-hydrogen) atoms. The van der Waals surface area contributed by atoms with Crippen LogP contribution in [-0.4, -0.2) is 50.1 Å². The molecule has 6 nitrogen and oxygen atoms in total. The molecular formula is C20H33N3O3. The molecule has 1 atom stereocenters. The predicted octanol–water partition coefficient (Wildman–Crippen LogP) is 2.24. The number of aliphatic hydroxyl groups is 1. The maximum atomic E-state index is 9.56. The highest BCUT2D eigenvalue weighted by atomic mass is 16.5. The van der Waals surface area contributed by atoms with E-state index in [0.29, 0.717) is 26.3 Å². The SMILES string of the molecule is CCNC(=NCc1ccc(C)cc1OC(C)CC)NCC1(CO)COC1. The van der Waals surface area contributed by atoms with Crippen LogP contribution < -0.4 is 15.4 Å². The van der Waals surface area contributed by atoms with E-state index < -0.39 is 0 Å². The van der Waals surface area contributed by atoms with Gasteiger partial charge in [0.05, 0.1) is 37.9 Å². The summed E-state index contributed by atoms with van der Waals surface area (Å²) in [6.07, 6.45) is 1.14. The van der Waals surface area contributed by atoms with Crippen LogP contribution in [0.25, 0.3) is 0 Å². The summed E-state index contributed by atoms with van der Waals surface area (Å²) in [6.45, 7) is 11.5. The number of aryl methyl sites for hydroxylation is 1. The molecule has 0 aromatic heterocycles. The fraction of sp³-hybridized carbons (Fsp3) is 0.650. The first-order valence-electron chi connectivity index (χ1n) is 9.49. The average molecular weight is 364 g/mol. The van der Waals surface area contributed by atoms with Crippen molar-refractivity contribution in [3.05, 3.63) is 29.3 Å². The van der Waals surface area contributed by atoms with Crippen LogP contribution in [0.1, 0.15) is 38.3 Å². The average Bonchev–Trinajstić information content (AvgIpc) is 2.60. The lowest BCUT2D eigenvalue weighted by molar-refractivity contribution is -0.132. The molecule has 0 bridgehead atoms. The van der Waals surface area contributed by atoms with E-state index in [4.69, 9.17) is 14.5 Å². The molecule has 1 fully saturated rings. The Morgan fingerprint density at radius 3 is 2.69 bits per heavy atom. The van der Waals surface area contributed by atoms with Gasteiger partial charge in [-0.25, -0.2) is 4.99 Å². The first kappa shape index (κ1) is 20.5. The zero-order chi connectivity index (χ0) is 19.0. The highest BCUT2D eigenvalue weighted by molar-refractivity contribution is 5.79. The topological polar surface area (TPSA) is 75.1 Å². The summed E-state index contributed by atoms with van der Waals surface area (Å²) in [6, 6.07) is 6.24. The lowest BCUT2D eigenvalue weighted by atomic mass is 9.87. The van der Waals surface area contributed by atoms with E-state index in [1.807, 2.05) is 6.92 Å². The number of rotatable bonds is 9. The molecule has 1 aromatic carbocycles. The van der Waals surface area contributed by atoms with Gasteiger partial charge < -0.3 is 25.2 Å². The molecule has 146 valence electrons. The largest absolute Gasteiger partial charge is 0.490 e. The maximum Gasteiger partial charge on any atom is 0.191 e. The number of ether oxygens (including phenoxy) is 2. The molecule has 1 aromatic rings. The van der Waals surface area contributed by atoms with Crippen molar-refractivity contribution in [3.8, 4) is 5.75 Å². The van der Waals surface area contributed by atoms with Crippen molar-refractivity contribution in [1.82, 2.24) is 10.6 Å². The van der Waals surface area contributed by atoms with Crippen molar-refractivity contribution in [2.24, 2.45) is 10.4 Å². The highest BCUT2D eigenvalue weighted by Crippen LogP contribution is 2.26. The predicted molar refractivity (Wildman–Crippen MR) is 105 cm³/mol. The molecule has 6 heteroatoms. The molecule has 0 radical (unpaired) electrons. The molecule has 0 aliphatic carbocycles. The first-order valence-corrected chi connectivity index (χ1v) is 9.49. The van der Waals surface area contributed by atoms with E-state index in [9.17, 15) is 5.11 Å². The molecule has 2 rings (SSSR count). The lowest BCUT2D eigenvalue weighted by Gasteiger charge is -2.40. The van der Waals surface area contributed by atoms with Gasteiger partial charge in [-0.3, -0.25) is 0 Å². The maximum absolute atomic E-state index is 9.56. The van der Waals surface area contributed by atoms with E-state index in [0.717, 1.165) is 30.2 Å². The zero-order valence-electron chi connectivity index (χ0n) is 16.5. The van der Waals surface area contributed by atoms with Gasteiger partial charge >= 0.3 is 0 Å². The van der Waals surface area contributed by atoms with Gasteiger partial charge in [-0.1, -0.05) is 19.1 Å². The standard InChI is InChI=1S/C20H33N3O3/c1-5-16(4)26-18-9-15(3)7-8-17(18)10-22-19(21-6-2)23-11-20(12-24)13-25-14-20/h7-9,16,24H,5-6,10-14H2,1-4H3,(H2,21,22,23). The van der Waals surface area contributed by atoms with Gasteiger partial charge in [0.15, 0.2) is 5.96 Å². The van der Waals surface area contributed by atoms with Gasteiger partial charge in [0.1, 0.15) is 5.75 Å². The van der Waals surface area contributed by atoms with Crippen molar-refractivity contribution >= 4 is 5.96 Å². The van der Waals surface area contributed by atoms with Crippen molar-refractivity contribution in [2.45, 2.75) is 46.8 Å². The van der Waals surface area contributed by atoms with Gasteiger partial charge in [-0.15, -0.1) is 0 Å². The zero-order valence-corrected chi connectivity index (χ0v) is 16.5. The summed E-state index contributed by atoms with van der Waals surface area (Å²) < 4.78 is 11.3. The lowest BCUT2D eigenvalue weighted by Crippen LogP contribution is -2.54. The molecule has 3 N–H and O–H groups in total. The van der Waals surface area contributed by atoms with Crippen LogP contribution in [0.2, 0.25) is 0 Å². The number of aliphatic imine (C=N–C) groups is 1. The van der Waals surface area contributed by atoms with Gasteiger partial charge in [0.2, 0.25) is 0 Å². The van der Waals surface area contributed by atoms with Crippen LogP contribution >= 0.6 is 0 Å². The number of aliphatic hydroxyl groups excluding tert-OH is 1. The molecule has 0 amide bonds. The van der Waals surface area contributed by atoms with Crippen molar-refractivity contribution < 1.29 is 14.6 Å². The number of nitrogens with one attached hydrogen (secondary N) is 2. The van der Waals surface area contributed by atoms with E-state index in [1.165, 1.54) is 5.56 Å². The molecule has 1 unspecified atom stereocenters. The normalized spacial score (nSPS) is 17.3. The van der Waals surface area contributed by atoms with Gasteiger partial charge in [0.25, 0.3) is 0 Å². The minimum Gasteiger partial charge on any atom is -0.490 e. The van der Waals surface area contributed by atoms with E-state index in [1.54, 1.807) is 0 Å². The Labute approximate surface area is 157 Å². The first-order chi connectivity index (χ1) is 12.5. The van der Waals surface area contributed by atoms with E-state index in [2.05, 4.69) is 49.6 Å². The Balaban J connectivity index is 2.06. The van der Waals surface area contributed by atoms with Crippen LogP contribution in [0.15, 0.2) is 23.2 Å². The Morgan fingerprint density at radius 2 is 2.12 bits per heavy atom. The summed E-state index contributed by atoms with van der Waals surface area (Å²) in [5, 5.41) is 16.1. The fourth-order valence-electron chi connectivity index (χ4n) is 2.62. The van der Waals surface area contributed by atoms with E-state index in [-0.39, 0.29) is 18.1 Å². The van der Waals surface area contributed by atoms with Crippen molar-refractivity contribution in [1.29, 1.82) is 0 Å². The van der Waals surface area contributed by atoms with Gasteiger partial charge in [0, 0.05) is 18.7 Å². The second-order valence-electron chi connectivity index (χ2n) is 7.15. The number of hydrogen-bond donors (Lipinski definition) is 3. The van der Waals surface area contributed by atoms with Crippen molar-refractivity contribution in [2.75, 3.05) is 32.9 Å². The second kappa shape index (κ2) is 9.78. The second-order valence-corrected chi connectivity index (χ2v) is 7.15. The number of benzene rings is 1. The smallest absolute Gasteiger partial charge is 0.191 e. The Bertz CT molecular complexity index is 594. The molecule has 1 aliphatic heterocycles. The minimum absolute atomic E-state index is 0.115. The third-order valence-electron chi connectivity index (χ3n) is 4.66. The quantitative estimate of drug-likeness (QED) is 0.463. The summed E-state index contributed by atoms with van der Waals surface area (Å²) in [4.78, 5) is 4.69. The van der Waals surface area contributed by atoms with Crippen LogP contribution in [0.5, 0.6) is 5.75 Å². The number of nitrogens with zero attached hydrogens (tertiary/aromatic N) is 1. The summed E-state index contributed by atoms with van der Waals surface area (Å²) in [7, 11) is 0. The molecule has 1 aliphatic rings. The van der Waals surface area contributed by atoms with Crippen molar-refractivity contribution in [3.63, 3.8) is 0 Å². The molecule has 1 heterocycles. The monoisotopic (exact) mass is 363 g/mol. The molecule has 0 saturated carbocycles. The molecule has 0 spiro atoms. The summed E-state index contributed by atoms with van der Waals surface area (Å²) >= 11 is 0. The third kappa shape index (κ3) is 5.61. The number of hydrogen-bond acceptors (Lipinski definition) is 4. The summed E-state index contributed by atoms with van der Waals surface area (Å²) in [5.41, 5.74) is 2.05. The van der Waals surface area contributed by atoms with Crippen LogP contribution in [-0.2, 0) is 11.3 Å². The van der Waals surface area contributed by atoms with Crippen LogP contribution in [0.3, 0.4) is 0 Å². The summed E-state index contributed by atoms with van der Waals surface area (Å²) in [5.74, 6) is 1.64. The van der Waals surface area contributed by atoms with Crippen LogP contribution in [0, 0.1) is 12.3 Å². The molecular weight excluding hydrogens is 330 g/mol. The number of guanidine groups is 1. The minimum atomic E-state index is -0.190. The van der Waals surface area contributed by atoms with Gasteiger partial charge in [-0.2, -0.15) is 0 Å². The Kier molecular flexibility index (Phi) is 7.72. The van der Waals surface area contributed by atoms with Crippen LogP contribution in [0.4, 0.5) is 0 Å². The fourth-order valence-corrected chi connectivity index (χ4v) is 2.62. The highest BCUT2D eigenvalue weighted by Gasteiger charge is 2.38. The Morgan fingerprint density at radius 1 is 1.35 bits per heavy atom. The molecule has 1 saturated heterocycles. The van der Waals surface area contributed by atoms with E-state index >= 15 is 0 Å². The third-order valence-corrected chi connectivity index (χ3v) is 4.66. The van der Waals surface area contributed by atoms with Gasteiger partial charge in [-0.05, 0) is 38.8 Å².